The highest BCUT2D eigenvalue weighted by molar-refractivity contribution is 7.10. The highest BCUT2D eigenvalue weighted by Crippen LogP contribution is 2.16. The Labute approximate surface area is 155 Å². The Morgan fingerprint density at radius 3 is 2.35 bits per heavy atom. The molecule has 0 aliphatic carbocycles. The predicted molar refractivity (Wildman–Crippen MR) is 104 cm³/mol. The molecule has 0 fully saturated rings. The van der Waals surface area contributed by atoms with Crippen LogP contribution in [-0.4, -0.2) is 16.8 Å². The molecule has 2 amide bonds. The van der Waals surface area contributed by atoms with Crippen LogP contribution in [0.5, 0.6) is 0 Å². The normalized spacial score (nSPS) is 11.8. The Bertz CT molecular complexity index is 878. The average Bonchev–Trinajstić information content (AvgIpc) is 3.19. The van der Waals surface area contributed by atoms with E-state index >= 15 is 0 Å². The molecule has 0 saturated carbocycles. The molecule has 26 heavy (non-hydrogen) atoms. The summed E-state index contributed by atoms with van der Waals surface area (Å²) in [5.74, 6) is -0.671. The van der Waals surface area contributed by atoms with Crippen molar-refractivity contribution < 1.29 is 9.59 Å². The van der Waals surface area contributed by atoms with Crippen LogP contribution in [0.15, 0.2) is 78.3 Å². The van der Waals surface area contributed by atoms with Crippen LogP contribution in [-0.2, 0) is 9.59 Å². The molecular weight excluding hydrogens is 346 g/mol. The summed E-state index contributed by atoms with van der Waals surface area (Å²) >= 11 is 1.43. The van der Waals surface area contributed by atoms with Crippen LogP contribution in [0.2, 0.25) is 0 Å². The lowest BCUT2D eigenvalue weighted by atomic mass is 10.1. The topological polar surface area (TPSA) is 71.1 Å². The van der Waals surface area contributed by atoms with Crippen molar-refractivity contribution in [2.45, 2.75) is 6.04 Å². The maximum Gasteiger partial charge on any atom is 0.251 e. The fraction of sp³-hybridized carbons (Fsp3) is 0.0500. The standard InChI is InChI=1S/C20H17N3O2S/c24-17(11-12-18-21-13-14-26-18)23-19(15-7-3-1-4-8-15)20(25)22-16-9-5-2-6-10-16/h1-14,19H,(H,22,25)(H,23,24)/b12-11+. The molecule has 3 aromatic rings. The number of para-hydroxylation sites is 1. The van der Waals surface area contributed by atoms with Crippen molar-refractivity contribution >= 4 is 34.9 Å². The molecule has 6 heteroatoms. The van der Waals surface area contributed by atoms with E-state index in [-0.39, 0.29) is 11.8 Å². The van der Waals surface area contributed by atoms with Crippen LogP contribution < -0.4 is 10.6 Å². The van der Waals surface area contributed by atoms with Gasteiger partial charge in [-0.3, -0.25) is 9.59 Å². The summed E-state index contributed by atoms with van der Waals surface area (Å²) in [6.07, 6.45) is 4.67. The van der Waals surface area contributed by atoms with Gasteiger partial charge in [0.1, 0.15) is 11.0 Å². The zero-order valence-corrected chi connectivity index (χ0v) is 14.6. The van der Waals surface area contributed by atoms with Gasteiger partial charge in [0.15, 0.2) is 0 Å². The number of benzene rings is 2. The predicted octanol–water partition coefficient (Wildman–Crippen LogP) is 3.65. The minimum atomic E-state index is -0.801. The van der Waals surface area contributed by atoms with Gasteiger partial charge in [0, 0.05) is 23.3 Å². The molecule has 2 aromatic carbocycles. The first kappa shape index (κ1) is 17.6. The third kappa shape index (κ3) is 4.87. The summed E-state index contributed by atoms with van der Waals surface area (Å²) in [7, 11) is 0. The van der Waals surface area contributed by atoms with E-state index < -0.39 is 6.04 Å². The Morgan fingerprint density at radius 1 is 1.00 bits per heavy atom. The molecule has 130 valence electrons. The summed E-state index contributed by atoms with van der Waals surface area (Å²) in [6, 6.07) is 17.5. The highest BCUT2D eigenvalue weighted by atomic mass is 32.1. The van der Waals surface area contributed by atoms with Crippen LogP contribution in [0.25, 0.3) is 6.08 Å². The molecule has 0 aliphatic heterocycles. The van der Waals surface area contributed by atoms with Gasteiger partial charge < -0.3 is 10.6 Å². The maximum atomic E-state index is 12.7. The fourth-order valence-corrected chi connectivity index (χ4v) is 2.87. The van der Waals surface area contributed by atoms with E-state index in [0.29, 0.717) is 11.3 Å². The molecule has 3 rings (SSSR count). The molecule has 5 nitrogen and oxygen atoms in total. The van der Waals surface area contributed by atoms with Crippen molar-refractivity contribution in [3.63, 3.8) is 0 Å². The van der Waals surface area contributed by atoms with E-state index in [1.807, 2.05) is 41.8 Å². The molecule has 0 spiro atoms. The largest absolute Gasteiger partial charge is 0.337 e. The number of nitrogens with one attached hydrogen (secondary N) is 2. The monoisotopic (exact) mass is 363 g/mol. The third-order valence-corrected chi connectivity index (χ3v) is 4.29. The van der Waals surface area contributed by atoms with Crippen molar-refractivity contribution in [1.29, 1.82) is 0 Å². The number of anilines is 1. The molecule has 0 radical (unpaired) electrons. The second-order valence-electron chi connectivity index (χ2n) is 5.41. The van der Waals surface area contributed by atoms with Gasteiger partial charge in [-0.05, 0) is 23.8 Å². The Kier molecular flexibility index (Phi) is 5.90. The molecule has 0 saturated heterocycles. The number of aromatic nitrogens is 1. The van der Waals surface area contributed by atoms with Gasteiger partial charge in [0.05, 0.1) is 0 Å². The Hall–Kier alpha value is -3.25. The van der Waals surface area contributed by atoms with Crippen LogP contribution in [0, 0.1) is 0 Å². The summed E-state index contributed by atoms with van der Waals surface area (Å²) < 4.78 is 0. The van der Waals surface area contributed by atoms with Gasteiger partial charge in [0.2, 0.25) is 5.91 Å². The molecule has 1 aromatic heterocycles. The maximum absolute atomic E-state index is 12.7. The number of nitrogens with zero attached hydrogens (tertiary/aromatic N) is 1. The van der Waals surface area contributed by atoms with Gasteiger partial charge >= 0.3 is 0 Å². The summed E-state index contributed by atoms with van der Waals surface area (Å²) in [4.78, 5) is 29.1. The zero-order chi connectivity index (χ0) is 18.2. The van der Waals surface area contributed by atoms with E-state index in [9.17, 15) is 9.59 Å². The van der Waals surface area contributed by atoms with E-state index in [1.54, 1.807) is 36.5 Å². The summed E-state index contributed by atoms with van der Waals surface area (Å²) in [6.45, 7) is 0. The molecule has 1 heterocycles. The molecular formula is C20H17N3O2S. The number of carbonyl (C=O) groups is 2. The van der Waals surface area contributed by atoms with Crippen LogP contribution in [0.1, 0.15) is 16.6 Å². The smallest absolute Gasteiger partial charge is 0.251 e. The second-order valence-corrected chi connectivity index (χ2v) is 6.34. The number of amides is 2. The van der Waals surface area contributed by atoms with E-state index in [4.69, 9.17) is 0 Å². The van der Waals surface area contributed by atoms with Crippen molar-refractivity contribution in [1.82, 2.24) is 10.3 Å². The second kappa shape index (κ2) is 8.73. The summed E-state index contributed by atoms with van der Waals surface area (Å²) in [5.41, 5.74) is 1.38. The first-order chi connectivity index (χ1) is 12.7. The first-order valence-electron chi connectivity index (χ1n) is 8.01. The minimum Gasteiger partial charge on any atom is -0.337 e. The molecule has 0 aliphatic rings. The first-order valence-corrected chi connectivity index (χ1v) is 8.89. The lowest BCUT2D eigenvalue weighted by molar-refractivity contribution is -0.123. The van der Waals surface area contributed by atoms with E-state index in [2.05, 4.69) is 15.6 Å². The van der Waals surface area contributed by atoms with Gasteiger partial charge in [-0.2, -0.15) is 0 Å². The number of rotatable bonds is 6. The lowest BCUT2D eigenvalue weighted by Gasteiger charge is -2.18. The quantitative estimate of drug-likeness (QED) is 0.657. The number of hydrogen-bond acceptors (Lipinski definition) is 4. The molecule has 1 atom stereocenters. The van der Waals surface area contributed by atoms with Crippen molar-refractivity contribution in [3.05, 3.63) is 88.9 Å². The lowest BCUT2D eigenvalue weighted by Crippen LogP contribution is -2.36. The Morgan fingerprint density at radius 2 is 1.69 bits per heavy atom. The highest BCUT2D eigenvalue weighted by Gasteiger charge is 2.22. The van der Waals surface area contributed by atoms with Crippen molar-refractivity contribution in [2.75, 3.05) is 5.32 Å². The zero-order valence-electron chi connectivity index (χ0n) is 13.8. The number of carbonyl (C=O) groups excluding carboxylic acids is 2. The van der Waals surface area contributed by atoms with Crippen molar-refractivity contribution in [2.24, 2.45) is 0 Å². The van der Waals surface area contributed by atoms with Crippen molar-refractivity contribution in [3.8, 4) is 0 Å². The van der Waals surface area contributed by atoms with Gasteiger partial charge in [-0.15, -0.1) is 11.3 Å². The van der Waals surface area contributed by atoms with Gasteiger partial charge in [-0.25, -0.2) is 4.98 Å². The molecule has 1 unspecified atom stereocenters. The van der Waals surface area contributed by atoms with Gasteiger partial charge in [0.25, 0.3) is 5.91 Å². The number of hydrogen-bond donors (Lipinski definition) is 2. The molecule has 2 N–H and O–H groups in total. The Balaban J connectivity index is 1.75. The van der Waals surface area contributed by atoms with E-state index in [0.717, 1.165) is 5.01 Å². The fourth-order valence-electron chi connectivity index (χ4n) is 2.34. The summed E-state index contributed by atoms with van der Waals surface area (Å²) in [5, 5.41) is 8.14. The van der Waals surface area contributed by atoms with Crippen LogP contribution in [0.4, 0.5) is 5.69 Å². The van der Waals surface area contributed by atoms with Crippen LogP contribution >= 0.6 is 11.3 Å². The molecule has 0 bridgehead atoms. The SMILES string of the molecule is O=C(/C=C/c1nccs1)NC(C(=O)Nc1ccccc1)c1ccccc1. The number of thiazole rings is 1. The third-order valence-electron chi connectivity index (χ3n) is 3.55. The van der Waals surface area contributed by atoms with Gasteiger partial charge in [-0.1, -0.05) is 48.5 Å². The minimum absolute atomic E-state index is 0.307. The average molecular weight is 363 g/mol. The van der Waals surface area contributed by atoms with E-state index in [1.165, 1.54) is 17.4 Å². The van der Waals surface area contributed by atoms with Crippen LogP contribution in [0.3, 0.4) is 0 Å².